The van der Waals surface area contributed by atoms with Crippen molar-refractivity contribution in [2.24, 2.45) is 5.92 Å². The minimum Gasteiger partial charge on any atom is -0.480 e. The minimum atomic E-state index is -0.947. The Kier molecular flexibility index (Phi) is 5.59. The van der Waals surface area contributed by atoms with Gasteiger partial charge in [0.05, 0.1) is 0 Å². The lowest BCUT2D eigenvalue weighted by Gasteiger charge is -2.23. The number of hydrogen-bond donors (Lipinski definition) is 2. The summed E-state index contributed by atoms with van der Waals surface area (Å²) in [7, 11) is 2.01. The molecule has 5 heteroatoms. The van der Waals surface area contributed by atoms with Crippen molar-refractivity contribution in [2.75, 3.05) is 13.6 Å². The first-order chi connectivity index (χ1) is 8.45. The van der Waals surface area contributed by atoms with Gasteiger partial charge in [0, 0.05) is 12.5 Å². The summed E-state index contributed by atoms with van der Waals surface area (Å²) in [6.45, 7) is 4.80. The van der Waals surface area contributed by atoms with Crippen molar-refractivity contribution in [1.29, 1.82) is 0 Å². The zero-order chi connectivity index (χ0) is 13.7. The number of rotatable bonds is 6. The number of carbonyl (C=O) groups is 2. The van der Waals surface area contributed by atoms with E-state index >= 15 is 0 Å². The number of carboxylic acids is 1. The smallest absolute Gasteiger partial charge is 0.326 e. The van der Waals surface area contributed by atoms with E-state index in [1.165, 1.54) is 0 Å². The molecule has 0 aliphatic carbocycles. The Morgan fingerprint density at radius 1 is 1.50 bits per heavy atom. The second-order valence-electron chi connectivity index (χ2n) is 5.25. The molecule has 1 amide bonds. The van der Waals surface area contributed by atoms with Crippen LogP contribution in [-0.2, 0) is 9.59 Å². The monoisotopic (exact) mass is 256 g/mol. The van der Waals surface area contributed by atoms with Gasteiger partial charge in [0.15, 0.2) is 0 Å². The quantitative estimate of drug-likeness (QED) is 0.746. The number of likely N-dealkylation sites (tertiary alicyclic amines) is 1. The van der Waals surface area contributed by atoms with E-state index in [0.29, 0.717) is 6.42 Å². The average molecular weight is 256 g/mol. The highest BCUT2D eigenvalue weighted by Crippen LogP contribution is 2.18. The van der Waals surface area contributed by atoms with Crippen molar-refractivity contribution in [2.45, 2.75) is 51.6 Å². The first-order valence-corrected chi connectivity index (χ1v) is 6.68. The van der Waals surface area contributed by atoms with Gasteiger partial charge in [0.2, 0.25) is 5.91 Å². The molecule has 1 aliphatic heterocycles. The highest BCUT2D eigenvalue weighted by molar-refractivity contribution is 5.84. The van der Waals surface area contributed by atoms with Gasteiger partial charge < -0.3 is 15.3 Å². The van der Waals surface area contributed by atoms with Crippen LogP contribution in [0.2, 0.25) is 0 Å². The van der Waals surface area contributed by atoms with Crippen LogP contribution in [0, 0.1) is 5.92 Å². The van der Waals surface area contributed by atoms with Crippen molar-refractivity contribution < 1.29 is 14.7 Å². The number of carbonyl (C=O) groups excluding carboxylic acids is 1. The zero-order valence-electron chi connectivity index (χ0n) is 11.5. The Morgan fingerprint density at radius 3 is 2.61 bits per heavy atom. The van der Waals surface area contributed by atoms with Crippen molar-refractivity contribution in [3.8, 4) is 0 Å². The van der Waals surface area contributed by atoms with Crippen LogP contribution in [0.3, 0.4) is 0 Å². The van der Waals surface area contributed by atoms with Crippen LogP contribution >= 0.6 is 0 Å². The molecule has 0 aromatic heterocycles. The second kappa shape index (κ2) is 6.73. The van der Waals surface area contributed by atoms with E-state index in [9.17, 15) is 9.59 Å². The van der Waals surface area contributed by atoms with Crippen LogP contribution in [0.1, 0.15) is 39.5 Å². The summed E-state index contributed by atoms with van der Waals surface area (Å²) in [6.07, 6.45) is 3.27. The molecule has 0 aromatic rings. The normalized spacial score (nSPS) is 23.6. The molecule has 1 heterocycles. The van der Waals surface area contributed by atoms with E-state index in [1.807, 2.05) is 20.9 Å². The van der Waals surface area contributed by atoms with E-state index in [2.05, 4.69) is 10.2 Å². The summed E-state index contributed by atoms with van der Waals surface area (Å²) in [6, 6.07) is -0.509. The molecule has 1 saturated heterocycles. The third-order valence-electron chi connectivity index (χ3n) is 3.89. The molecular formula is C13H24N2O3. The van der Waals surface area contributed by atoms with E-state index in [0.717, 1.165) is 25.8 Å². The van der Waals surface area contributed by atoms with E-state index in [4.69, 9.17) is 5.11 Å². The second-order valence-corrected chi connectivity index (χ2v) is 5.25. The molecule has 0 saturated carbocycles. The van der Waals surface area contributed by atoms with Gasteiger partial charge in [-0.1, -0.05) is 20.3 Å². The molecule has 0 bridgehead atoms. The van der Waals surface area contributed by atoms with Crippen molar-refractivity contribution in [3.05, 3.63) is 0 Å². The molecule has 2 N–H and O–H groups in total. The van der Waals surface area contributed by atoms with Gasteiger partial charge in [-0.25, -0.2) is 4.79 Å². The molecule has 0 spiro atoms. The third-order valence-corrected chi connectivity index (χ3v) is 3.89. The molecule has 0 radical (unpaired) electrons. The predicted octanol–water partition coefficient (Wildman–Crippen LogP) is 1.09. The number of hydrogen-bond acceptors (Lipinski definition) is 3. The van der Waals surface area contributed by atoms with E-state index < -0.39 is 12.0 Å². The van der Waals surface area contributed by atoms with Gasteiger partial charge >= 0.3 is 5.97 Å². The van der Waals surface area contributed by atoms with Crippen LogP contribution in [0.5, 0.6) is 0 Å². The molecule has 1 aliphatic rings. The maximum Gasteiger partial charge on any atom is 0.326 e. The van der Waals surface area contributed by atoms with Crippen LogP contribution in [-0.4, -0.2) is 47.6 Å². The Labute approximate surface area is 109 Å². The van der Waals surface area contributed by atoms with Gasteiger partial charge in [-0.05, 0) is 32.4 Å². The van der Waals surface area contributed by atoms with Gasteiger partial charge in [-0.15, -0.1) is 0 Å². The molecule has 3 atom stereocenters. The number of nitrogens with zero attached hydrogens (tertiary/aromatic N) is 1. The molecule has 5 nitrogen and oxygen atoms in total. The highest BCUT2D eigenvalue weighted by atomic mass is 16.4. The van der Waals surface area contributed by atoms with Gasteiger partial charge in [0.25, 0.3) is 0 Å². The summed E-state index contributed by atoms with van der Waals surface area (Å²) >= 11 is 0. The fraction of sp³-hybridized carbons (Fsp3) is 0.846. The fourth-order valence-electron chi connectivity index (χ4n) is 2.37. The first kappa shape index (κ1) is 15.0. The fourth-order valence-corrected chi connectivity index (χ4v) is 2.37. The first-order valence-electron chi connectivity index (χ1n) is 6.68. The summed E-state index contributed by atoms with van der Waals surface area (Å²) in [5.41, 5.74) is 0. The summed E-state index contributed by atoms with van der Waals surface area (Å²) in [4.78, 5) is 25.2. The Morgan fingerprint density at radius 2 is 2.17 bits per heavy atom. The molecule has 0 aromatic carbocycles. The average Bonchev–Trinajstić information content (AvgIpc) is 2.70. The van der Waals surface area contributed by atoms with Crippen molar-refractivity contribution >= 4 is 11.9 Å². The van der Waals surface area contributed by atoms with E-state index in [1.54, 1.807) is 0 Å². The van der Waals surface area contributed by atoms with Gasteiger partial charge in [-0.3, -0.25) is 4.79 Å². The third kappa shape index (κ3) is 3.98. The van der Waals surface area contributed by atoms with Crippen molar-refractivity contribution in [1.82, 2.24) is 10.2 Å². The molecular weight excluding hydrogens is 232 g/mol. The van der Waals surface area contributed by atoms with E-state index in [-0.39, 0.29) is 17.9 Å². The lowest BCUT2D eigenvalue weighted by atomic mass is 9.99. The van der Waals surface area contributed by atoms with Crippen LogP contribution in [0.4, 0.5) is 0 Å². The molecule has 104 valence electrons. The van der Waals surface area contributed by atoms with Crippen LogP contribution < -0.4 is 5.32 Å². The number of carboxylic acid groups (broad SMARTS) is 1. The van der Waals surface area contributed by atoms with Gasteiger partial charge in [-0.2, -0.15) is 0 Å². The molecule has 1 fully saturated rings. The summed E-state index contributed by atoms with van der Waals surface area (Å²) < 4.78 is 0. The number of aliphatic carboxylic acids is 1. The summed E-state index contributed by atoms with van der Waals surface area (Å²) in [5.74, 6) is -1.15. The maximum absolute atomic E-state index is 11.9. The van der Waals surface area contributed by atoms with Crippen molar-refractivity contribution in [3.63, 3.8) is 0 Å². The largest absolute Gasteiger partial charge is 0.480 e. The van der Waals surface area contributed by atoms with Crippen LogP contribution in [0.15, 0.2) is 0 Å². The zero-order valence-corrected chi connectivity index (χ0v) is 11.5. The summed E-state index contributed by atoms with van der Waals surface area (Å²) in [5, 5.41) is 11.8. The number of amides is 1. The topological polar surface area (TPSA) is 69.6 Å². The van der Waals surface area contributed by atoms with Crippen LogP contribution in [0.25, 0.3) is 0 Å². The van der Waals surface area contributed by atoms with Gasteiger partial charge in [0.1, 0.15) is 6.04 Å². The Hall–Kier alpha value is -1.10. The highest BCUT2D eigenvalue weighted by Gasteiger charge is 2.28. The minimum absolute atomic E-state index is 0.0484. The lowest BCUT2D eigenvalue weighted by Crippen LogP contribution is -2.46. The molecule has 1 unspecified atom stereocenters. The lowest BCUT2D eigenvalue weighted by molar-refractivity contribution is -0.143. The predicted molar refractivity (Wildman–Crippen MR) is 69.3 cm³/mol. The Balaban J connectivity index is 2.48. The molecule has 1 rings (SSSR count). The SMILES string of the molecule is CC[C@H](C)[C@H](NC(=O)CC1CCCN1C)C(=O)O. The number of nitrogens with one attached hydrogen (secondary N) is 1. The standard InChI is InChI=1S/C13H24N2O3/c1-4-9(2)12(13(17)18)14-11(16)8-10-6-5-7-15(10)3/h9-10,12H,4-8H2,1-3H3,(H,14,16)(H,17,18)/t9-,10?,12-/m0/s1. The maximum atomic E-state index is 11.9. The molecule has 18 heavy (non-hydrogen) atoms. The Bertz CT molecular complexity index is 307.